The summed E-state index contributed by atoms with van der Waals surface area (Å²) in [4.78, 5) is 19.8. The maximum atomic E-state index is 12.7. The number of aromatic nitrogens is 2. The fourth-order valence-corrected chi connectivity index (χ4v) is 3.02. The molecular weight excluding hydrogens is 395 g/mol. The van der Waals surface area contributed by atoms with Crippen LogP contribution in [0.2, 0.25) is 0 Å². The van der Waals surface area contributed by atoms with Gasteiger partial charge < -0.3 is 10.1 Å². The number of carbonyl (C=O) groups excluding carboxylic acids is 1. The number of halogens is 3. The molecule has 0 saturated heterocycles. The number of anilines is 1. The summed E-state index contributed by atoms with van der Waals surface area (Å²) in [5.41, 5.74) is 4.18. The third-order valence-corrected chi connectivity index (χ3v) is 4.31. The molecule has 0 fully saturated rings. The molecule has 0 spiro atoms. The SMILES string of the molecule is Cc1cc(C)cc(-c2cc(NC[C@H](OC(=O)C(F)(F)F)c3ccccc3)ncn2)c1. The van der Waals surface area contributed by atoms with Crippen molar-refractivity contribution in [2.24, 2.45) is 0 Å². The second kappa shape index (κ2) is 8.94. The normalized spacial score (nSPS) is 12.3. The van der Waals surface area contributed by atoms with Crippen LogP contribution in [0.25, 0.3) is 11.3 Å². The number of hydrogen-bond acceptors (Lipinski definition) is 5. The second-order valence-electron chi connectivity index (χ2n) is 6.85. The van der Waals surface area contributed by atoms with Crippen molar-refractivity contribution in [1.82, 2.24) is 9.97 Å². The van der Waals surface area contributed by atoms with Crippen molar-refractivity contribution >= 4 is 11.8 Å². The maximum Gasteiger partial charge on any atom is 0.490 e. The van der Waals surface area contributed by atoms with Crippen LogP contribution in [0, 0.1) is 13.8 Å². The molecule has 0 aliphatic carbocycles. The Balaban J connectivity index is 1.79. The van der Waals surface area contributed by atoms with Crippen molar-refractivity contribution in [3.05, 3.63) is 77.6 Å². The number of nitrogens with one attached hydrogen (secondary N) is 1. The van der Waals surface area contributed by atoms with Gasteiger partial charge in [-0.05, 0) is 31.5 Å². The molecule has 1 aromatic heterocycles. The summed E-state index contributed by atoms with van der Waals surface area (Å²) in [5, 5.41) is 2.94. The van der Waals surface area contributed by atoms with Gasteiger partial charge in [-0.25, -0.2) is 14.8 Å². The van der Waals surface area contributed by atoms with Crippen LogP contribution in [-0.4, -0.2) is 28.7 Å². The van der Waals surface area contributed by atoms with E-state index >= 15 is 0 Å². The summed E-state index contributed by atoms with van der Waals surface area (Å²) in [7, 11) is 0. The Kier molecular flexibility index (Phi) is 6.34. The lowest BCUT2D eigenvalue weighted by Gasteiger charge is -2.20. The van der Waals surface area contributed by atoms with Crippen LogP contribution in [0.4, 0.5) is 19.0 Å². The number of carbonyl (C=O) groups is 1. The van der Waals surface area contributed by atoms with Crippen LogP contribution in [0.3, 0.4) is 0 Å². The highest BCUT2D eigenvalue weighted by molar-refractivity contribution is 5.76. The minimum absolute atomic E-state index is 0.0882. The topological polar surface area (TPSA) is 64.1 Å². The first-order valence-electron chi connectivity index (χ1n) is 9.20. The molecule has 1 heterocycles. The number of esters is 1. The molecule has 5 nitrogen and oxygen atoms in total. The third kappa shape index (κ3) is 5.56. The molecule has 0 aliphatic heterocycles. The quantitative estimate of drug-likeness (QED) is 0.573. The number of ether oxygens (including phenoxy) is 1. The standard InChI is InChI=1S/C22H20F3N3O2/c1-14-8-15(2)10-17(9-14)18-11-20(28-13-27-18)26-12-19(16-6-4-3-5-7-16)30-21(29)22(23,24)25/h3-11,13,19H,12H2,1-2H3,(H,26,27,28)/t19-/m0/s1. The van der Waals surface area contributed by atoms with E-state index in [1.807, 2.05) is 32.0 Å². The van der Waals surface area contributed by atoms with Gasteiger partial charge in [0, 0.05) is 11.6 Å². The highest BCUT2D eigenvalue weighted by Gasteiger charge is 2.42. The van der Waals surface area contributed by atoms with E-state index in [9.17, 15) is 18.0 Å². The van der Waals surface area contributed by atoms with Crippen molar-refractivity contribution in [3.8, 4) is 11.3 Å². The Labute approximate surface area is 171 Å². The maximum absolute atomic E-state index is 12.7. The zero-order valence-corrected chi connectivity index (χ0v) is 16.4. The molecule has 3 aromatic rings. The highest BCUT2D eigenvalue weighted by atomic mass is 19.4. The van der Waals surface area contributed by atoms with Crippen LogP contribution in [0.1, 0.15) is 22.8 Å². The Bertz CT molecular complexity index is 1000. The van der Waals surface area contributed by atoms with Crippen LogP contribution in [-0.2, 0) is 9.53 Å². The Morgan fingerprint density at radius 1 is 1.03 bits per heavy atom. The lowest BCUT2D eigenvalue weighted by atomic mass is 10.0. The van der Waals surface area contributed by atoms with E-state index in [0.29, 0.717) is 17.1 Å². The minimum atomic E-state index is -5.07. The number of nitrogens with zero attached hydrogens (tertiary/aromatic N) is 2. The van der Waals surface area contributed by atoms with Crippen LogP contribution < -0.4 is 5.32 Å². The van der Waals surface area contributed by atoms with Crippen molar-refractivity contribution < 1.29 is 22.7 Å². The van der Waals surface area contributed by atoms with Gasteiger partial charge in [0.1, 0.15) is 18.2 Å². The van der Waals surface area contributed by atoms with E-state index in [4.69, 9.17) is 4.74 Å². The molecule has 0 unspecified atom stereocenters. The van der Waals surface area contributed by atoms with E-state index < -0.39 is 18.2 Å². The molecule has 156 valence electrons. The van der Waals surface area contributed by atoms with Gasteiger partial charge in [-0.2, -0.15) is 13.2 Å². The predicted octanol–water partition coefficient (Wildman–Crippen LogP) is 5.02. The van der Waals surface area contributed by atoms with Crippen molar-refractivity contribution in [2.75, 3.05) is 11.9 Å². The van der Waals surface area contributed by atoms with Gasteiger partial charge in [-0.1, -0.05) is 47.5 Å². The summed E-state index contributed by atoms with van der Waals surface area (Å²) in [6, 6.07) is 15.9. The number of alkyl halides is 3. The molecule has 3 rings (SSSR count). The molecule has 2 aromatic carbocycles. The van der Waals surface area contributed by atoms with Crippen LogP contribution in [0.15, 0.2) is 60.9 Å². The lowest BCUT2D eigenvalue weighted by Crippen LogP contribution is -2.29. The molecular formula is C22H20F3N3O2. The van der Waals surface area contributed by atoms with Gasteiger partial charge in [-0.3, -0.25) is 0 Å². The van der Waals surface area contributed by atoms with E-state index in [0.717, 1.165) is 16.7 Å². The summed E-state index contributed by atoms with van der Waals surface area (Å²) < 4.78 is 42.7. The first-order valence-corrected chi connectivity index (χ1v) is 9.20. The number of aryl methyl sites for hydroxylation is 2. The summed E-state index contributed by atoms with van der Waals surface area (Å²) in [6.45, 7) is 3.88. The van der Waals surface area contributed by atoms with E-state index in [-0.39, 0.29) is 6.54 Å². The monoisotopic (exact) mass is 415 g/mol. The minimum Gasteiger partial charge on any atom is -0.449 e. The first kappa shape index (κ1) is 21.3. The number of benzene rings is 2. The molecule has 0 bridgehead atoms. The fourth-order valence-electron chi connectivity index (χ4n) is 3.02. The number of rotatable bonds is 6. The third-order valence-electron chi connectivity index (χ3n) is 4.31. The van der Waals surface area contributed by atoms with Crippen molar-refractivity contribution in [1.29, 1.82) is 0 Å². The van der Waals surface area contributed by atoms with Gasteiger partial charge in [0.05, 0.1) is 12.2 Å². The van der Waals surface area contributed by atoms with E-state index in [1.54, 1.807) is 36.4 Å². The van der Waals surface area contributed by atoms with E-state index in [1.165, 1.54) is 6.33 Å². The summed E-state index contributed by atoms with van der Waals surface area (Å²) in [5.74, 6) is -1.83. The molecule has 0 amide bonds. The molecule has 0 radical (unpaired) electrons. The van der Waals surface area contributed by atoms with Gasteiger partial charge in [0.2, 0.25) is 0 Å². The average Bonchev–Trinajstić information content (AvgIpc) is 2.70. The summed E-state index contributed by atoms with van der Waals surface area (Å²) >= 11 is 0. The van der Waals surface area contributed by atoms with Crippen molar-refractivity contribution in [3.63, 3.8) is 0 Å². The van der Waals surface area contributed by atoms with E-state index in [2.05, 4.69) is 15.3 Å². The molecule has 0 saturated carbocycles. The molecule has 30 heavy (non-hydrogen) atoms. The Morgan fingerprint density at radius 2 is 1.70 bits per heavy atom. The zero-order valence-electron chi connectivity index (χ0n) is 16.4. The Morgan fingerprint density at radius 3 is 2.33 bits per heavy atom. The smallest absolute Gasteiger partial charge is 0.449 e. The fraction of sp³-hybridized carbons (Fsp3) is 0.227. The predicted molar refractivity (Wildman–Crippen MR) is 107 cm³/mol. The molecule has 0 aliphatic rings. The highest BCUT2D eigenvalue weighted by Crippen LogP contribution is 2.25. The van der Waals surface area contributed by atoms with Crippen LogP contribution >= 0.6 is 0 Å². The van der Waals surface area contributed by atoms with Gasteiger partial charge in [-0.15, -0.1) is 0 Å². The van der Waals surface area contributed by atoms with Crippen LogP contribution in [0.5, 0.6) is 0 Å². The molecule has 1 N–H and O–H groups in total. The Hall–Kier alpha value is -3.42. The number of hydrogen-bond donors (Lipinski definition) is 1. The van der Waals surface area contributed by atoms with Gasteiger partial charge in [0.25, 0.3) is 0 Å². The average molecular weight is 415 g/mol. The van der Waals surface area contributed by atoms with Gasteiger partial charge >= 0.3 is 12.1 Å². The second-order valence-corrected chi connectivity index (χ2v) is 6.85. The zero-order chi connectivity index (χ0) is 21.7. The lowest BCUT2D eigenvalue weighted by molar-refractivity contribution is -0.204. The molecule has 8 heteroatoms. The first-order chi connectivity index (χ1) is 14.2. The largest absolute Gasteiger partial charge is 0.490 e. The van der Waals surface area contributed by atoms with Crippen molar-refractivity contribution in [2.45, 2.75) is 26.1 Å². The summed E-state index contributed by atoms with van der Waals surface area (Å²) in [6.07, 6.45) is -4.84. The molecule has 1 atom stereocenters. The van der Waals surface area contributed by atoms with Gasteiger partial charge in [0.15, 0.2) is 0 Å².